The first kappa shape index (κ1) is 23.0. The van der Waals surface area contributed by atoms with Crippen LogP contribution in [-0.2, 0) is 19.8 Å². The molecule has 0 fully saturated rings. The van der Waals surface area contributed by atoms with E-state index in [9.17, 15) is 25.2 Å². The molecule has 3 nitrogen and oxygen atoms in total. The van der Waals surface area contributed by atoms with Crippen LogP contribution in [0.25, 0.3) is 0 Å². The normalized spacial score (nSPS) is 23.1. The average molecular weight is 518 g/mol. The third-order valence-corrected chi connectivity index (χ3v) is 4.47. The predicted octanol–water partition coefficient (Wildman–Crippen LogP) is 7.25. The maximum absolute atomic E-state index is 10.7. The summed E-state index contributed by atoms with van der Waals surface area (Å²) in [4.78, 5) is 0. The summed E-state index contributed by atoms with van der Waals surface area (Å²) in [6, 6.07) is 10.1. The van der Waals surface area contributed by atoms with Gasteiger partial charge in [0.25, 0.3) is 0 Å². The van der Waals surface area contributed by atoms with Crippen molar-refractivity contribution < 1.29 is 40.8 Å². The molecular formula is C15H18F6IO3P. The average Bonchev–Trinajstić information content (AvgIpc) is 2.53. The van der Waals surface area contributed by atoms with Crippen molar-refractivity contribution in [2.75, 3.05) is 21.3 Å². The maximum atomic E-state index is 9.87. The largest absolute Gasteiger partial charge is 1.00 e. The zero-order chi connectivity index (χ0) is 20.3. The molecule has 0 spiro atoms. The minimum absolute atomic E-state index is 0. The summed E-state index contributed by atoms with van der Waals surface area (Å²) in [5.74, 6) is 1.67. The van der Waals surface area contributed by atoms with E-state index in [2.05, 4.69) is 34.7 Å². The molecule has 11 heteroatoms. The van der Waals surface area contributed by atoms with Crippen molar-refractivity contribution in [3.8, 4) is 0 Å². The Balaban J connectivity index is 0.000000728. The molecule has 0 saturated carbocycles. The van der Waals surface area contributed by atoms with Crippen molar-refractivity contribution in [1.29, 1.82) is 0 Å². The summed E-state index contributed by atoms with van der Waals surface area (Å²) >= 11 is 2.24. The van der Waals surface area contributed by atoms with E-state index in [1.807, 2.05) is 24.3 Å². The first-order valence-corrected chi connectivity index (χ1v) is 10.1. The van der Waals surface area contributed by atoms with Crippen LogP contribution in [-0.4, -0.2) is 21.3 Å². The van der Waals surface area contributed by atoms with Gasteiger partial charge in [0, 0.05) is 13.5 Å². The number of allylic oxidation sites excluding steroid dienone is 1. The Bertz CT molecular complexity index is 698. The molecule has 1 aromatic rings. The minimum atomic E-state index is -10.7. The van der Waals surface area contributed by atoms with Crippen LogP contribution >= 0.6 is 30.4 Å². The Labute approximate surface area is 161 Å². The van der Waals surface area contributed by atoms with Gasteiger partial charge in [0.05, 0.1) is 17.8 Å². The van der Waals surface area contributed by atoms with E-state index >= 15 is 0 Å². The fourth-order valence-electron chi connectivity index (χ4n) is 2.24. The van der Waals surface area contributed by atoms with E-state index in [0.29, 0.717) is 6.42 Å². The Morgan fingerprint density at radius 3 is 1.85 bits per heavy atom. The fourth-order valence-corrected chi connectivity index (χ4v) is 3.03. The zero-order valence-corrected chi connectivity index (χ0v) is 17.0. The van der Waals surface area contributed by atoms with E-state index in [1.165, 1.54) is 0 Å². The van der Waals surface area contributed by atoms with Gasteiger partial charge in [-0.15, -0.1) is 0 Å². The monoisotopic (exact) mass is 518 g/mol. The molecule has 0 heterocycles. The second-order valence-corrected chi connectivity index (χ2v) is 8.24. The van der Waals surface area contributed by atoms with E-state index in [0.717, 1.165) is 20.7 Å². The third kappa shape index (κ3) is 7.71. The van der Waals surface area contributed by atoms with Crippen LogP contribution < -0.4 is 0 Å². The van der Waals surface area contributed by atoms with Gasteiger partial charge in [0.15, 0.2) is 0 Å². The molecule has 1 aliphatic carbocycles. The standard InChI is InChI=1S/C15H17IO3.F6P/c1-17-12-9-15(19-3,10-13(18-2)14(12)16)11-7-5-4-6-8-11;1-7(2,3,4,5)6/h4-9H,10H2,1-3H3;/q;-1/p+1. The number of rotatable bonds is 4. The van der Waals surface area contributed by atoms with Crippen molar-refractivity contribution in [3.05, 3.63) is 57.1 Å². The zero-order valence-electron chi connectivity index (χ0n) is 15.0. The molecule has 0 saturated heterocycles. The summed E-state index contributed by atoms with van der Waals surface area (Å²) in [5.41, 5.74) is 0.553. The van der Waals surface area contributed by atoms with Gasteiger partial charge in [-0.2, -0.15) is 0 Å². The molecule has 1 atom stereocenters. The second-order valence-electron chi connectivity index (χ2n) is 5.25. The van der Waals surface area contributed by atoms with Crippen LogP contribution in [0.4, 0.5) is 25.2 Å². The molecule has 0 amide bonds. The molecule has 1 unspecified atom stereocenters. The van der Waals surface area contributed by atoms with Crippen LogP contribution in [0.15, 0.2) is 51.5 Å². The van der Waals surface area contributed by atoms with Gasteiger partial charge >= 0.3 is 34.4 Å². The molecule has 0 aromatic heterocycles. The van der Waals surface area contributed by atoms with Crippen molar-refractivity contribution in [2.24, 2.45) is 0 Å². The number of hydrogen-bond donors (Lipinski definition) is 0. The number of ether oxygens (including phenoxy) is 3. The molecule has 1 aliphatic rings. The molecule has 0 N–H and O–H groups in total. The van der Waals surface area contributed by atoms with E-state index in [-0.39, 0.29) is 1.43 Å². The number of halogens is 7. The first-order valence-electron chi connectivity index (χ1n) is 6.99. The van der Waals surface area contributed by atoms with Crippen LogP contribution in [0.1, 0.15) is 13.4 Å². The smallest absolute Gasteiger partial charge is 1.00 e. The molecular weight excluding hydrogens is 500 g/mol. The molecule has 0 aliphatic heterocycles. The van der Waals surface area contributed by atoms with Crippen molar-refractivity contribution in [3.63, 3.8) is 0 Å². The third-order valence-electron chi connectivity index (χ3n) is 3.34. The van der Waals surface area contributed by atoms with Crippen LogP contribution in [0.5, 0.6) is 0 Å². The Morgan fingerprint density at radius 1 is 0.962 bits per heavy atom. The van der Waals surface area contributed by atoms with Crippen molar-refractivity contribution in [2.45, 2.75) is 12.0 Å². The fraction of sp³-hybridized carbons (Fsp3) is 0.333. The van der Waals surface area contributed by atoms with Gasteiger partial charge < -0.3 is 14.2 Å². The Hall–Kier alpha value is -1.00. The Morgan fingerprint density at radius 2 is 1.46 bits per heavy atom. The molecule has 26 heavy (non-hydrogen) atoms. The molecule has 1 aromatic carbocycles. The summed E-state index contributed by atoms with van der Waals surface area (Å²) in [6.45, 7) is 0. The number of benzene rings is 1. The molecule has 0 bridgehead atoms. The van der Waals surface area contributed by atoms with Gasteiger partial charge in [0.1, 0.15) is 17.1 Å². The first-order chi connectivity index (χ1) is 11.6. The van der Waals surface area contributed by atoms with Gasteiger partial charge in [-0.25, -0.2) is 0 Å². The van der Waals surface area contributed by atoms with E-state index in [4.69, 9.17) is 14.2 Å². The molecule has 0 radical (unpaired) electrons. The van der Waals surface area contributed by atoms with Crippen LogP contribution in [0, 0.1) is 0 Å². The van der Waals surface area contributed by atoms with Crippen molar-refractivity contribution in [1.82, 2.24) is 0 Å². The number of methoxy groups -OCH3 is 3. The molecule has 2 rings (SSSR count). The van der Waals surface area contributed by atoms with Gasteiger partial charge in [-0.3, -0.25) is 0 Å². The quantitative estimate of drug-likeness (QED) is 0.239. The summed E-state index contributed by atoms with van der Waals surface area (Å²) in [6.07, 6.45) is 2.68. The second kappa shape index (κ2) is 7.20. The van der Waals surface area contributed by atoms with E-state index < -0.39 is 13.4 Å². The number of hydrogen-bond acceptors (Lipinski definition) is 3. The van der Waals surface area contributed by atoms with Crippen LogP contribution in [0.2, 0.25) is 0 Å². The molecule has 150 valence electrons. The minimum Gasteiger partial charge on any atom is 1.00 e. The summed E-state index contributed by atoms with van der Waals surface area (Å²) in [5, 5.41) is 0. The predicted molar refractivity (Wildman–Crippen MR) is 97.6 cm³/mol. The maximum Gasteiger partial charge on any atom is 1.00 e. The van der Waals surface area contributed by atoms with E-state index in [1.54, 1.807) is 21.3 Å². The Kier molecular flexibility index (Phi) is 6.38. The summed E-state index contributed by atoms with van der Waals surface area (Å²) in [7, 11) is -5.61. The van der Waals surface area contributed by atoms with Crippen molar-refractivity contribution >= 4 is 30.4 Å². The topological polar surface area (TPSA) is 27.7 Å². The van der Waals surface area contributed by atoms with Gasteiger partial charge in [-0.1, -0.05) is 30.3 Å². The summed E-state index contributed by atoms with van der Waals surface area (Å²) < 4.78 is 76.9. The van der Waals surface area contributed by atoms with Gasteiger partial charge in [-0.05, 0) is 34.2 Å². The SMILES string of the molecule is COC1=CC(OC)(c2ccccc2)CC(OC)=C1I.F[P-](F)(F)(F)(F)F.[H+]. The van der Waals surface area contributed by atoms with Crippen LogP contribution in [0.3, 0.4) is 0 Å². The van der Waals surface area contributed by atoms with Gasteiger partial charge in [0.2, 0.25) is 0 Å².